The van der Waals surface area contributed by atoms with Gasteiger partial charge in [-0.05, 0) is 57.0 Å². The molecule has 0 saturated carbocycles. The monoisotopic (exact) mass is 365 g/mol. The highest BCUT2D eigenvalue weighted by molar-refractivity contribution is 5.86. The number of rotatable bonds is 8. The Balaban J connectivity index is 1.48. The molecule has 142 valence electrons. The molecule has 0 spiro atoms. The number of nitrogens with one attached hydrogen (secondary N) is 1. The number of aromatic nitrogens is 1. The van der Waals surface area contributed by atoms with Gasteiger partial charge in [0.05, 0.1) is 6.42 Å². The van der Waals surface area contributed by atoms with Gasteiger partial charge in [0.25, 0.3) is 0 Å². The van der Waals surface area contributed by atoms with Gasteiger partial charge in [-0.2, -0.15) is 0 Å². The fraction of sp³-hybridized carbons (Fsp3) is 0.364. The van der Waals surface area contributed by atoms with Gasteiger partial charge in [-0.3, -0.25) is 4.79 Å². The molecule has 5 heteroatoms. The summed E-state index contributed by atoms with van der Waals surface area (Å²) in [5, 5.41) is 7.96. The van der Waals surface area contributed by atoms with Crippen molar-refractivity contribution in [2.24, 2.45) is 0 Å². The smallest absolute Gasteiger partial charge is 0.226 e. The summed E-state index contributed by atoms with van der Waals surface area (Å²) in [4.78, 5) is 14.6. The van der Waals surface area contributed by atoms with Crippen molar-refractivity contribution in [2.75, 3.05) is 24.5 Å². The predicted octanol–water partition coefficient (Wildman–Crippen LogP) is 4.02. The quantitative estimate of drug-likeness (QED) is 0.613. The van der Waals surface area contributed by atoms with Crippen LogP contribution in [0.4, 0.5) is 5.69 Å². The highest BCUT2D eigenvalue weighted by atomic mass is 16.5. The first-order chi connectivity index (χ1) is 13.1. The maximum absolute atomic E-state index is 12.3. The van der Waals surface area contributed by atoms with Crippen LogP contribution in [-0.2, 0) is 11.2 Å². The van der Waals surface area contributed by atoms with E-state index in [1.807, 2.05) is 25.1 Å². The summed E-state index contributed by atoms with van der Waals surface area (Å²) in [6.45, 7) is 8.78. The van der Waals surface area contributed by atoms with Crippen LogP contribution in [0.3, 0.4) is 0 Å². The van der Waals surface area contributed by atoms with Crippen molar-refractivity contribution in [3.8, 4) is 0 Å². The van der Waals surface area contributed by atoms with E-state index in [2.05, 4.69) is 53.5 Å². The van der Waals surface area contributed by atoms with Crippen LogP contribution >= 0.6 is 0 Å². The molecule has 0 atom stereocenters. The van der Waals surface area contributed by atoms with Crippen LogP contribution in [0, 0.1) is 13.8 Å². The first kappa shape index (κ1) is 19.0. The first-order valence-electron chi connectivity index (χ1n) is 9.50. The maximum Gasteiger partial charge on any atom is 0.226 e. The lowest BCUT2D eigenvalue weighted by Crippen LogP contribution is -2.30. The van der Waals surface area contributed by atoms with Gasteiger partial charge in [0.1, 0.15) is 5.69 Å². The van der Waals surface area contributed by atoms with Gasteiger partial charge in [0.2, 0.25) is 5.91 Å². The van der Waals surface area contributed by atoms with Crippen LogP contribution in [0.5, 0.6) is 0 Å². The molecule has 5 nitrogen and oxygen atoms in total. The van der Waals surface area contributed by atoms with Gasteiger partial charge in [-0.25, -0.2) is 0 Å². The number of nitrogens with zero attached hydrogens (tertiary/aromatic N) is 2. The standard InChI is InChI=1S/C22H27N3O2/c1-4-25(18-8-5-7-16(2)13-18)12-6-11-23-22(26)15-20-19-14-17(3)9-10-21(19)27-24-20/h5,7-10,13-14H,4,6,11-12,15H2,1-3H3,(H,23,26). The minimum atomic E-state index is -0.0229. The minimum Gasteiger partial charge on any atom is -0.372 e. The number of benzene rings is 2. The molecule has 3 rings (SSSR count). The molecule has 1 N–H and O–H groups in total. The maximum atomic E-state index is 12.3. The molecule has 2 aromatic carbocycles. The lowest BCUT2D eigenvalue weighted by Gasteiger charge is -2.23. The second-order valence-electron chi connectivity index (χ2n) is 6.93. The number of anilines is 1. The van der Waals surface area contributed by atoms with Crippen LogP contribution in [0.2, 0.25) is 0 Å². The van der Waals surface area contributed by atoms with E-state index in [9.17, 15) is 4.79 Å². The van der Waals surface area contributed by atoms with Crippen LogP contribution in [0.1, 0.15) is 30.2 Å². The molecule has 0 aliphatic heterocycles. The Morgan fingerprint density at radius 2 is 1.96 bits per heavy atom. The summed E-state index contributed by atoms with van der Waals surface area (Å²) >= 11 is 0. The Kier molecular flexibility index (Phi) is 6.12. The topological polar surface area (TPSA) is 58.4 Å². The zero-order valence-electron chi connectivity index (χ0n) is 16.3. The molecule has 3 aromatic rings. The molecule has 0 radical (unpaired) electrons. The Morgan fingerprint density at radius 1 is 1.15 bits per heavy atom. The third-order valence-electron chi connectivity index (χ3n) is 4.70. The third-order valence-corrected chi connectivity index (χ3v) is 4.70. The highest BCUT2D eigenvalue weighted by Crippen LogP contribution is 2.20. The number of aryl methyl sites for hydroxylation is 2. The first-order valence-corrected chi connectivity index (χ1v) is 9.50. The molecule has 27 heavy (non-hydrogen) atoms. The van der Waals surface area contributed by atoms with E-state index in [1.54, 1.807) is 0 Å². The average molecular weight is 365 g/mol. The van der Waals surface area contributed by atoms with E-state index < -0.39 is 0 Å². The summed E-state index contributed by atoms with van der Waals surface area (Å²) < 4.78 is 5.30. The zero-order chi connectivity index (χ0) is 19.2. The normalized spacial score (nSPS) is 10.9. The molecular formula is C22H27N3O2. The fourth-order valence-corrected chi connectivity index (χ4v) is 3.24. The highest BCUT2D eigenvalue weighted by Gasteiger charge is 2.12. The summed E-state index contributed by atoms with van der Waals surface area (Å²) in [7, 11) is 0. The van der Waals surface area contributed by atoms with Crippen molar-refractivity contribution >= 4 is 22.6 Å². The van der Waals surface area contributed by atoms with Gasteiger partial charge in [-0.1, -0.05) is 28.9 Å². The van der Waals surface area contributed by atoms with E-state index in [1.165, 1.54) is 11.3 Å². The fourth-order valence-electron chi connectivity index (χ4n) is 3.24. The van der Waals surface area contributed by atoms with Gasteiger partial charge >= 0.3 is 0 Å². The molecule has 1 heterocycles. The second kappa shape index (κ2) is 8.71. The van der Waals surface area contributed by atoms with Crippen molar-refractivity contribution in [3.63, 3.8) is 0 Å². The number of hydrogen-bond acceptors (Lipinski definition) is 4. The largest absolute Gasteiger partial charge is 0.372 e. The number of fused-ring (bicyclic) bond motifs is 1. The SMILES string of the molecule is CCN(CCCNC(=O)Cc1noc2ccc(C)cc12)c1cccc(C)c1. The van der Waals surface area contributed by atoms with Gasteiger partial charge in [-0.15, -0.1) is 0 Å². The van der Waals surface area contributed by atoms with Crippen molar-refractivity contribution < 1.29 is 9.32 Å². The van der Waals surface area contributed by atoms with E-state index >= 15 is 0 Å². The lowest BCUT2D eigenvalue weighted by molar-refractivity contribution is -0.120. The number of carbonyl (C=O) groups excluding carboxylic acids is 1. The van der Waals surface area contributed by atoms with E-state index in [0.717, 1.165) is 36.0 Å². The molecule has 1 aromatic heterocycles. The Morgan fingerprint density at radius 3 is 2.74 bits per heavy atom. The Hall–Kier alpha value is -2.82. The van der Waals surface area contributed by atoms with Gasteiger partial charge in [0.15, 0.2) is 5.58 Å². The third kappa shape index (κ3) is 4.88. The predicted molar refractivity (Wildman–Crippen MR) is 109 cm³/mol. The molecule has 0 fully saturated rings. The van der Waals surface area contributed by atoms with Gasteiger partial charge in [0, 0.05) is 30.7 Å². The van der Waals surface area contributed by atoms with Crippen LogP contribution in [0.15, 0.2) is 47.0 Å². The number of carbonyl (C=O) groups is 1. The van der Waals surface area contributed by atoms with Crippen molar-refractivity contribution in [3.05, 3.63) is 59.3 Å². The van der Waals surface area contributed by atoms with E-state index in [4.69, 9.17) is 4.52 Å². The van der Waals surface area contributed by atoms with E-state index in [-0.39, 0.29) is 12.3 Å². The Labute approximate surface area is 160 Å². The van der Waals surface area contributed by atoms with Crippen LogP contribution < -0.4 is 10.2 Å². The lowest BCUT2D eigenvalue weighted by atomic mass is 10.1. The Bertz CT molecular complexity index is 917. The molecular weight excluding hydrogens is 338 g/mol. The van der Waals surface area contributed by atoms with Crippen molar-refractivity contribution in [2.45, 2.75) is 33.6 Å². The molecule has 0 aliphatic carbocycles. The van der Waals surface area contributed by atoms with Crippen molar-refractivity contribution in [1.29, 1.82) is 0 Å². The molecule has 0 saturated heterocycles. The second-order valence-corrected chi connectivity index (χ2v) is 6.93. The number of amides is 1. The van der Waals surface area contributed by atoms with Crippen LogP contribution in [-0.4, -0.2) is 30.7 Å². The summed E-state index contributed by atoms with van der Waals surface area (Å²) in [6.07, 6.45) is 1.14. The van der Waals surface area contributed by atoms with E-state index in [0.29, 0.717) is 12.2 Å². The van der Waals surface area contributed by atoms with Crippen LogP contribution in [0.25, 0.3) is 11.0 Å². The number of hydrogen-bond donors (Lipinski definition) is 1. The minimum absolute atomic E-state index is 0.0229. The summed E-state index contributed by atoms with van der Waals surface area (Å²) in [5.74, 6) is -0.0229. The average Bonchev–Trinajstić information content (AvgIpc) is 3.03. The van der Waals surface area contributed by atoms with Gasteiger partial charge < -0.3 is 14.7 Å². The van der Waals surface area contributed by atoms with Crippen molar-refractivity contribution in [1.82, 2.24) is 10.5 Å². The zero-order valence-corrected chi connectivity index (χ0v) is 16.3. The summed E-state index contributed by atoms with van der Waals surface area (Å²) in [5.41, 5.74) is 5.03. The molecule has 0 unspecified atom stereocenters. The molecule has 0 aliphatic rings. The summed E-state index contributed by atoms with van der Waals surface area (Å²) in [6, 6.07) is 14.4. The molecule has 0 bridgehead atoms. The molecule has 1 amide bonds.